The lowest BCUT2D eigenvalue weighted by molar-refractivity contribution is 0.0600. The summed E-state index contributed by atoms with van der Waals surface area (Å²) < 4.78 is 10.6. The van der Waals surface area contributed by atoms with Gasteiger partial charge in [-0.05, 0) is 51.7 Å². The van der Waals surface area contributed by atoms with Crippen molar-refractivity contribution >= 4 is 29.4 Å². The van der Waals surface area contributed by atoms with E-state index in [1.807, 2.05) is 20.8 Å². The fourth-order valence-electron chi connectivity index (χ4n) is 3.25. The Balaban J connectivity index is 2.20. The fourth-order valence-corrected chi connectivity index (χ4v) is 3.51. The number of nitrogens with zero attached hydrogens (tertiary/aromatic N) is 1. The van der Waals surface area contributed by atoms with Gasteiger partial charge < -0.3 is 24.8 Å². The summed E-state index contributed by atoms with van der Waals surface area (Å²) in [4.78, 5) is 24.4. The van der Waals surface area contributed by atoms with E-state index in [4.69, 9.17) is 26.2 Å². The van der Waals surface area contributed by atoms with Crippen LogP contribution >= 0.6 is 11.6 Å². The van der Waals surface area contributed by atoms with E-state index in [9.17, 15) is 9.59 Å². The summed E-state index contributed by atoms with van der Waals surface area (Å²) >= 11 is 6.36. The molecule has 0 saturated carbocycles. The van der Waals surface area contributed by atoms with Gasteiger partial charge in [-0.2, -0.15) is 0 Å². The smallest absolute Gasteiger partial charge is 0.407 e. The second-order valence-corrected chi connectivity index (χ2v) is 7.44. The first-order chi connectivity index (χ1) is 12.7. The first-order valence-electron chi connectivity index (χ1n) is 9.05. The minimum atomic E-state index is -0.876. The predicted octanol–water partition coefficient (Wildman–Crippen LogP) is 4.10. The first-order valence-corrected chi connectivity index (χ1v) is 9.43. The Labute approximate surface area is 164 Å². The number of amides is 1. The van der Waals surface area contributed by atoms with E-state index in [-0.39, 0.29) is 12.1 Å². The van der Waals surface area contributed by atoms with Gasteiger partial charge in [0.15, 0.2) is 5.75 Å². The highest BCUT2D eigenvalue weighted by atomic mass is 35.5. The van der Waals surface area contributed by atoms with Crippen LogP contribution in [-0.2, 0) is 4.74 Å². The average Bonchev–Trinajstić information content (AvgIpc) is 2.63. The first kappa shape index (κ1) is 21.2. The Bertz CT molecular complexity index is 687. The van der Waals surface area contributed by atoms with Gasteiger partial charge in [-0.15, -0.1) is 0 Å². The molecule has 1 fully saturated rings. The molecule has 1 unspecified atom stereocenters. The summed E-state index contributed by atoms with van der Waals surface area (Å²) in [5.74, 6) is 0.320. The number of hydrogen-bond acceptors (Lipinski definition) is 5. The van der Waals surface area contributed by atoms with Crippen molar-refractivity contribution in [1.29, 1.82) is 0 Å². The van der Waals surface area contributed by atoms with Crippen LogP contribution in [-0.4, -0.2) is 54.4 Å². The van der Waals surface area contributed by atoms with E-state index in [0.717, 1.165) is 12.8 Å². The quantitative estimate of drug-likeness (QED) is 0.701. The molecule has 1 aromatic carbocycles. The minimum Gasteiger partial charge on any atom is -0.487 e. The van der Waals surface area contributed by atoms with E-state index in [2.05, 4.69) is 5.32 Å². The Hall–Kier alpha value is -2.15. The van der Waals surface area contributed by atoms with Crippen LogP contribution in [0.25, 0.3) is 0 Å². The number of esters is 1. The van der Waals surface area contributed by atoms with Gasteiger partial charge in [-0.25, -0.2) is 9.59 Å². The summed E-state index contributed by atoms with van der Waals surface area (Å²) in [5, 5.41) is 12.8. The van der Waals surface area contributed by atoms with E-state index in [0.29, 0.717) is 41.0 Å². The molecule has 0 aliphatic carbocycles. The Morgan fingerprint density at radius 3 is 2.41 bits per heavy atom. The minimum absolute atomic E-state index is 0.0550. The van der Waals surface area contributed by atoms with Crippen LogP contribution in [0.5, 0.6) is 5.75 Å². The molecule has 1 aliphatic heterocycles. The van der Waals surface area contributed by atoms with E-state index in [1.54, 1.807) is 6.07 Å². The lowest BCUT2D eigenvalue weighted by Crippen LogP contribution is -2.41. The lowest BCUT2D eigenvalue weighted by Gasteiger charge is -2.34. The molecule has 0 aromatic heterocycles. The number of carboxylic acid groups (broad SMARTS) is 1. The van der Waals surface area contributed by atoms with Crippen molar-refractivity contribution in [2.24, 2.45) is 5.92 Å². The standard InChI is InChI=1S/C19H27ClN2O5/c1-11(2)27-17-15(20)9-14(18(23)26-4)10-16(17)21-12(3)13-5-7-22(8-6-13)19(24)25/h9-13,21H,5-8H2,1-4H3,(H,24,25). The van der Waals surface area contributed by atoms with Crippen LogP contribution in [0.3, 0.4) is 0 Å². The summed E-state index contributed by atoms with van der Waals surface area (Å²) in [6.45, 7) is 6.88. The van der Waals surface area contributed by atoms with Gasteiger partial charge in [0.1, 0.15) is 0 Å². The van der Waals surface area contributed by atoms with Gasteiger partial charge >= 0.3 is 12.1 Å². The largest absolute Gasteiger partial charge is 0.487 e. The molecule has 27 heavy (non-hydrogen) atoms. The lowest BCUT2D eigenvalue weighted by atomic mass is 9.90. The van der Waals surface area contributed by atoms with Crippen LogP contribution in [0.4, 0.5) is 10.5 Å². The maximum Gasteiger partial charge on any atom is 0.407 e. The van der Waals surface area contributed by atoms with Gasteiger partial charge in [-0.1, -0.05) is 11.6 Å². The third-order valence-corrected chi connectivity index (χ3v) is 5.00. The summed E-state index contributed by atoms with van der Waals surface area (Å²) in [5.41, 5.74) is 0.971. The van der Waals surface area contributed by atoms with Gasteiger partial charge in [0.05, 0.1) is 29.5 Å². The third kappa shape index (κ3) is 5.42. The maximum absolute atomic E-state index is 11.9. The third-order valence-electron chi connectivity index (χ3n) is 4.72. The molecular formula is C19H27ClN2O5. The molecule has 7 nitrogen and oxygen atoms in total. The van der Waals surface area contributed by atoms with Crippen molar-refractivity contribution in [3.63, 3.8) is 0 Å². The molecule has 1 saturated heterocycles. The average molecular weight is 399 g/mol. The van der Waals surface area contributed by atoms with Gasteiger partial charge in [0.25, 0.3) is 0 Å². The molecule has 8 heteroatoms. The summed E-state index contributed by atoms with van der Waals surface area (Å²) in [7, 11) is 1.32. The molecule has 1 aromatic rings. The van der Waals surface area contributed by atoms with E-state index < -0.39 is 12.1 Å². The number of ether oxygens (including phenoxy) is 2. The number of piperidine rings is 1. The van der Waals surface area contributed by atoms with Gasteiger partial charge in [0, 0.05) is 19.1 Å². The number of rotatable bonds is 6. The zero-order chi connectivity index (χ0) is 20.1. The normalized spacial score (nSPS) is 16.1. The molecule has 1 aliphatic rings. The Morgan fingerprint density at radius 1 is 1.26 bits per heavy atom. The van der Waals surface area contributed by atoms with E-state index in [1.165, 1.54) is 18.1 Å². The number of anilines is 1. The van der Waals surface area contributed by atoms with Crippen LogP contribution < -0.4 is 10.1 Å². The highest BCUT2D eigenvalue weighted by Gasteiger charge is 2.27. The van der Waals surface area contributed by atoms with Crippen molar-refractivity contribution < 1.29 is 24.2 Å². The van der Waals surface area contributed by atoms with Crippen molar-refractivity contribution in [1.82, 2.24) is 4.90 Å². The number of likely N-dealkylation sites (tertiary alicyclic amines) is 1. The maximum atomic E-state index is 11.9. The zero-order valence-corrected chi connectivity index (χ0v) is 16.9. The number of carbonyl (C=O) groups is 2. The molecule has 0 bridgehead atoms. The number of hydrogen-bond donors (Lipinski definition) is 2. The van der Waals surface area contributed by atoms with Crippen molar-refractivity contribution in [2.75, 3.05) is 25.5 Å². The second-order valence-electron chi connectivity index (χ2n) is 7.03. The van der Waals surface area contributed by atoms with Crippen molar-refractivity contribution in [3.05, 3.63) is 22.7 Å². The summed E-state index contributed by atoms with van der Waals surface area (Å²) in [6, 6.07) is 3.27. The molecule has 1 atom stereocenters. The van der Waals surface area contributed by atoms with Crippen LogP contribution in [0.15, 0.2) is 12.1 Å². The number of methoxy groups -OCH3 is 1. The monoisotopic (exact) mass is 398 g/mol. The molecular weight excluding hydrogens is 372 g/mol. The highest BCUT2D eigenvalue weighted by molar-refractivity contribution is 6.33. The molecule has 0 spiro atoms. The number of halogens is 1. The molecule has 0 radical (unpaired) electrons. The topological polar surface area (TPSA) is 88.1 Å². The molecule has 150 valence electrons. The SMILES string of the molecule is COC(=O)c1cc(Cl)c(OC(C)C)c(NC(C)C2CCN(C(=O)O)CC2)c1. The second kappa shape index (κ2) is 9.17. The Morgan fingerprint density at radius 2 is 1.89 bits per heavy atom. The van der Waals surface area contributed by atoms with Crippen molar-refractivity contribution in [2.45, 2.75) is 45.8 Å². The molecule has 1 heterocycles. The highest BCUT2D eigenvalue weighted by Crippen LogP contribution is 2.37. The van der Waals surface area contributed by atoms with Crippen LogP contribution in [0.2, 0.25) is 5.02 Å². The Kier molecular flexibility index (Phi) is 7.18. The fraction of sp³-hybridized carbons (Fsp3) is 0.579. The predicted molar refractivity (Wildman–Crippen MR) is 104 cm³/mol. The van der Waals surface area contributed by atoms with Crippen LogP contribution in [0.1, 0.15) is 44.0 Å². The van der Waals surface area contributed by atoms with E-state index >= 15 is 0 Å². The number of nitrogens with one attached hydrogen (secondary N) is 1. The van der Waals surface area contributed by atoms with Gasteiger partial charge in [-0.3, -0.25) is 0 Å². The molecule has 2 N–H and O–H groups in total. The van der Waals surface area contributed by atoms with Gasteiger partial charge in [0.2, 0.25) is 0 Å². The number of benzene rings is 1. The molecule has 2 rings (SSSR count). The number of carbonyl (C=O) groups excluding carboxylic acids is 1. The molecule has 1 amide bonds. The zero-order valence-electron chi connectivity index (χ0n) is 16.1. The van der Waals surface area contributed by atoms with Crippen molar-refractivity contribution in [3.8, 4) is 5.75 Å². The van der Waals surface area contributed by atoms with Crippen LogP contribution in [0, 0.1) is 5.92 Å². The summed E-state index contributed by atoms with van der Waals surface area (Å²) in [6.07, 6.45) is 0.580.